The van der Waals surface area contributed by atoms with Gasteiger partial charge in [-0.2, -0.15) is 0 Å². The Labute approximate surface area is 115 Å². The van der Waals surface area contributed by atoms with Crippen LogP contribution in [0, 0.1) is 5.92 Å². The molecule has 0 saturated heterocycles. The lowest BCUT2D eigenvalue weighted by Crippen LogP contribution is -2.45. The predicted octanol–water partition coefficient (Wildman–Crippen LogP) is 1.89. The molecule has 0 radical (unpaired) electrons. The van der Waals surface area contributed by atoms with Crippen LogP contribution in [-0.4, -0.2) is 18.0 Å². The van der Waals surface area contributed by atoms with Gasteiger partial charge in [0.1, 0.15) is 0 Å². The Hall–Kier alpha value is -1.06. The summed E-state index contributed by atoms with van der Waals surface area (Å²) in [5.74, 6) is 0.593. The molecule has 1 saturated carbocycles. The number of benzene rings is 1. The molecule has 3 nitrogen and oxygen atoms in total. The summed E-state index contributed by atoms with van der Waals surface area (Å²) in [6.07, 6.45) is 3.34. The zero-order valence-electron chi connectivity index (χ0n) is 10.6. The molecule has 0 spiro atoms. The highest BCUT2D eigenvalue weighted by atomic mass is 35.5. The summed E-state index contributed by atoms with van der Waals surface area (Å²) in [5.41, 5.74) is 6.86. The summed E-state index contributed by atoms with van der Waals surface area (Å²) in [5, 5.41) is 3.06. The van der Waals surface area contributed by atoms with Gasteiger partial charge in [-0.15, -0.1) is 12.4 Å². The molecule has 100 valence electrons. The number of nitrogens with one attached hydrogen (secondary N) is 1. The number of rotatable bonds is 5. The normalized spacial score (nSPS) is 17.4. The molecular formula is C14H21ClN2O. The van der Waals surface area contributed by atoms with E-state index in [4.69, 9.17) is 5.73 Å². The maximum Gasteiger partial charge on any atom is 0.236 e. The van der Waals surface area contributed by atoms with Crippen LogP contribution in [0.15, 0.2) is 30.3 Å². The van der Waals surface area contributed by atoms with Gasteiger partial charge in [-0.1, -0.05) is 30.3 Å². The third kappa shape index (κ3) is 4.31. The van der Waals surface area contributed by atoms with Crippen molar-refractivity contribution in [2.75, 3.05) is 0 Å². The summed E-state index contributed by atoms with van der Waals surface area (Å²) in [7, 11) is 0. The second-order valence-corrected chi connectivity index (χ2v) is 4.93. The third-order valence-corrected chi connectivity index (χ3v) is 3.23. The minimum atomic E-state index is -0.424. The van der Waals surface area contributed by atoms with E-state index >= 15 is 0 Å². The first-order valence-electron chi connectivity index (χ1n) is 6.26. The second kappa shape index (κ2) is 6.76. The molecule has 0 aliphatic heterocycles. The Kier molecular flexibility index (Phi) is 5.63. The molecule has 3 N–H and O–H groups in total. The van der Waals surface area contributed by atoms with E-state index in [1.54, 1.807) is 6.92 Å². The lowest BCUT2D eigenvalue weighted by Gasteiger charge is -2.19. The number of halogens is 1. The average molecular weight is 269 g/mol. The average Bonchev–Trinajstić information content (AvgIpc) is 3.13. The molecule has 1 unspecified atom stereocenters. The number of amides is 1. The first-order chi connectivity index (χ1) is 8.16. The highest BCUT2D eigenvalue weighted by molar-refractivity contribution is 5.85. The van der Waals surface area contributed by atoms with Crippen LogP contribution >= 0.6 is 12.4 Å². The fourth-order valence-electron chi connectivity index (χ4n) is 2.02. The fourth-order valence-corrected chi connectivity index (χ4v) is 2.02. The maximum absolute atomic E-state index is 11.6. The van der Waals surface area contributed by atoms with Gasteiger partial charge in [0.05, 0.1) is 6.04 Å². The van der Waals surface area contributed by atoms with Crippen molar-refractivity contribution in [3.05, 3.63) is 35.9 Å². The van der Waals surface area contributed by atoms with Gasteiger partial charge in [-0.05, 0) is 37.7 Å². The van der Waals surface area contributed by atoms with Gasteiger partial charge in [0, 0.05) is 6.04 Å². The zero-order chi connectivity index (χ0) is 12.3. The molecule has 1 fully saturated rings. The number of carbonyl (C=O) groups is 1. The minimum absolute atomic E-state index is 0. The minimum Gasteiger partial charge on any atom is -0.351 e. The highest BCUT2D eigenvalue weighted by Gasteiger charge is 2.32. The van der Waals surface area contributed by atoms with Gasteiger partial charge in [0.25, 0.3) is 0 Å². The summed E-state index contributed by atoms with van der Waals surface area (Å²) < 4.78 is 0. The van der Waals surface area contributed by atoms with Gasteiger partial charge in [0.15, 0.2) is 0 Å². The predicted molar refractivity (Wildman–Crippen MR) is 75.7 cm³/mol. The van der Waals surface area contributed by atoms with Gasteiger partial charge >= 0.3 is 0 Å². The van der Waals surface area contributed by atoms with Crippen molar-refractivity contribution in [3.63, 3.8) is 0 Å². The Bertz CT molecular complexity index is 377. The SMILES string of the molecule is C[C@@H](N)C(=O)NC(Cc1ccccc1)C1CC1.Cl. The van der Waals surface area contributed by atoms with Crippen LogP contribution in [0.1, 0.15) is 25.3 Å². The molecule has 2 atom stereocenters. The second-order valence-electron chi connectivity index (χ2n) is 4.93. The molecule has 1 aliphatic carbocycles. The van der Waals surface area contributed by atoms with Crippen LogP contribution in [-0.2, 0) is 11.2 Å². The molecule has 0 heterocycles. The topological polar surface area (TPSA) is 55.1 Å². The van der Waals surface area contributed by atoms with E-state index in [0.29, 0.717) is 5.92 Å². The molecule has 0 bridgehead atoms. The summed E-state index contributed by atoms with van der Waals surface area (Å²) >= 11 is 0. The van der Waals surface area contributed by atoms with Crippen molar-refractivity contribution in [3.8, 4) is 0 Å². The van der Waals surface area contributed by atoms with Crippen molar-refractivity contribution >= 4 is 18.3 Å². The molecule has 1 aromatic rings. The first-order valence-corrected chi connectivity index (χ1v) is 6.26. The molecular weight excluding hydrogens is 248 g/mol. The summed E-state index contributed by atoms with van der Waals surface area (Å²) in [6, 6.07) is 10.1. The quantitative estimate of drug-likeness (QED) is 0.857. The van der Waals surface area contributed by atoms with E-state index in [-0.39, 0.29) is 24.4 Å². The standard InChI is InChI=1S/C14H20N2O.ClH/c1-10(15)14(17)16-13(12-7-8-12)9-11-5-3-2-4-6-11;/h2-6,10,12-13H,7-9,15H2,1H3,(H,16,17);1H/t10-,13?;/m1./s1. The van der Waals surface area contributed by atoms with Crippen molar-refractivity contribution in [1.82, 2.24) is 5.32 Å². The lowest BCUT2D eigenvalue weighted by molar-refractivity contribution is -0.122. The van der Waals surface area contributed by atoms with Crippen LogP contribution in [0.5, 0.6) is 0 Å². The zero-order valence-corrected chi connectivity index (χ0v) is 11.5. The molecule has 1 amide bonds. The van der Waals surface area contributed by atoms with Crippen LogP contribution in [0.4, 0.5) is 0 Å². The van der Waals surface area contributed by atoms with Crippen LogP contribution in [0.3, 0.4) is 0 Å². The van der Waals surface area contributed by atoms with Crippen LogP contribution in [0.25, 0.3) is 0 Å². The van der Waals surface area contributed by atoms with Gasteiger partial charge in [0.2, 0.25) is 5.91 Å². The third-order valence-electron chi connectivity index (χ3n) is 3.23. The molecule has 0 aromatic heterocycles. The number of hydrogen-bond donors (Lipinski definition) is 2. The van der Waals surface area contributed by atoms with Crippen molar-refractivity contribution in [2.24, 2.45) is 11.7 Å². The first kappa shape index (κ1) is 15.0. The van der Waals surface area contributed by atoms with E-state index in [9.17, 15) is 4.79 Å². The van der Waals surface area contributed by atoms with Crippen molar-refractivity contribution in [1.29, 1.82) is 0 Å². The molecule has 1 aromatic carbocycles. The summed E-state index contributed by atoms with van der Waals surface area (Å²) in [6.45, 7) is 1.72. The Balaban J connectivity index is 0.00000162. The van der Waals surface area contributed by atoms with Gasteiger partial charge in [-0.3, -0.25) is 4.79 Å². The van der Waals surface area contributed by atoms with Gasteiger partial charge in [-0.25, -0.2) is 0 Å². The smallest absolute Gasteiger partial charge is 0.236 e. The Morgan fingerprint density at radius 2 is 2.00 bits per heavy atom. The van der Waals surface area contributed by atoms with E-state index in [1.807, 2.05) is 18.2 Å². The molecule has 4 heteroatoms. The number of hydrogen-bond acceptors (Lipinski definition) is 2. The van der Waals surface area contributed by atoms with Crippen LogP contribution < -0.4 is 11.1 Å². The highest BCUT2D eigenvalue weighted by Crippen LogP contribution is 2.34. The van der Waals surface area contributed by atoms with Gasteiger partial charge < -0.3 is 11.1 Å². The Morgan fingerprint density at radius 1 is 1.39 bits per heavy atom. The number of carbonyl (C=O) groups excluding carboxylic acids is 1. The number of nitrogens with two attached hydrogens (primary N) is 1. The van der Waals surface area contributed by atoms with Crippen molar-refractivity contribution < 1.29 is 4.79 Å². The summed E-state index contributed by atoms with van der Waals surface area (Å²) in [4.78, 5) is 11.6. The van der Waals surface area contributed by atoms with E-state index in [2.05, 4.69) is 17.4 Å². The van der Waals surface area contributed by atoms with E-state index in [1.165, 1.54) is 18.4 Å². The lowest BCUT2D eigenvalue weighted by atomic mass is 10.0. The fraction of sp³-hybridized carbons (Fsp3) is 0.500. The molecule has 1 aliphatic rings. The van der Waals surface area contributed by atoms with Crippen LogP contribution in [0.2, 0.25) is 0 Å². The maximum atomic E-state index is 11.6. The largest absolute Gasteiger partial charge is 0.351 e. The van der Waals surface area contributed by atoms with Crippen molar-refractivity contribution in [2.45, 2.75) is 38.3 Å². The Morgan fingerprint density at radius 3 is 2.50 bits per heavy atom. The molecule has 2 rings (SSSR count). The van der Waals surface area contributed by atoms with E-state index < -0.39 is 6.04 Å². The van der Waals surface area contributed by atoms with E-state index in [0.717, 1.165) is 6.42 Å². The monoisotopic (exact) mass is 268 g/mol. The molecule has 18 heavy (non-hydrogen) atoms.